The van der Waals surface area contributed by atoms with Gasteiger partial charge in [-0.1, -0.05) is 18.2 Å². The SMILES string of the molecule is C=Nc1cc(C(N)=O)cc(OC/C=C/CN=C/C(=C\N)N(CCC=O)C(=O)OC(C)(C)C)c1N(C/C=C/Cn1c(NC(=O)c2cc(C)nn2CC)nc2cc(C=O)cc(OC)c21)CNC. The summed E-state index contributed by atoms with van der Waals surface area (Å²) in [5.74, 6) is -0.167. The number of benzene rings is 2. The Labute approximate surface area is 377 Å². The molecule has 4 aromatic rings. The summed E-state index contributed by atoms with van der Waals surface area (Å²) in [4.78, 5) is 78.1. The maximum Gasteiger partial charge on any atom is 0.414 e. The van der Waals surface area contributed by atoms with Crippen LogP contribution in [0.15, 0.2) is 76.5 Å². The number of carbonyl (C=O) groups is 5. The fourth-order valence-electron chi connectivity index (χ4n) is 6.49. The van der Waals surface area contributed by atoms with Crippen LogP contribution in [0.5, 0.6) is 11.5 Å². The van der Waals surface area contributed by atoms with Gasteiger partial charge in [0.2, 0.25) is 11.9 Å². The molecule has 4 rings (SSSR count). The first-order chi connectivity index (χ1) is 31.1. The Balaban J connectivity index is 1.58. The quantitative estimate of drug-likeness (QED) is 0.0315. The Hall–Kier alpha value is -7.61. The van der Waals surface area contributed by atoms with E-state index in [0.717, 1.165) is 0 Å². The van der Waals surface area contributed by atoms with Crippen molar-refractivity contribution in [2.45, 2.75) is 59.7 Å². The van der Waals surface area contributed by atoms with Crippen molar-refractivity contribution in [1.29, 1.82) is 0 Å². The molecule has 0 fully saturated rings. The number of aryl methyl sites for hydroxylation is 2. The number of aldehydes is 2. The zero-order valence-electron chi connectivity index (χ0n) is 37.9. The molecule has 0 aliphatic heterocycles. The summed E-state index contributed by atoms with van der Waals surface area (Å²) in [6, 6.07) is 7.99. The highest BCUT2D eigenvalue weighted by Gasteiger charge is 2.25. The number of rotatable bonds is 24. The number of hydrogen-bond acceptors (Lipinski definition) is 15. The van der Waals surface area contributed by atoms with E-state index in [-0.39, 0.29) is 49.9 Å². The number of ether oxygens (including phenoxy) is 3. The summed E-state index contributed by atoms with van der Waals surface area (Å²) in [7, 11) is 3.27. The van der Waals surface area contributed by atoms with E-state index in [9.17, 15) is 24.0 Å². The van der Waals surface area contributed by atoms with Gasteiger partial charge in [0.15, 0.2) is 0 Å². The van der Waals surface area contributed by atoms with Gasteiger partial charge in [0.1, 0.15) is 53.2 Å². The van der Waals surface area contributed by atoms with E-state index in [4.69, 9.17) is 25.7 Å². The molecule has 0 bridgehead atoms. The number of carbonyl (C=O) groups excluding carboxylic acids is 5. The number of nitrogens with two attached hydrogens (primary N) is 2. The Bertz CT molecular complexity index is 2480. The van der Waals surface area contributed by atoms with Crippen LogP contribution in [-0.2, 0) is 22.6 Å². The molecule has 0 aliphatic rings. The van der Waals surface area contributed by atoms with Crippen LogP contribution in [0.2, 0.25) is 0 Å². The van der Waals surface area contributed by atoms with Crippen molar-refractivity contribution in [3.05, 3.63) is 89.0 Å². The molecular formula is C45H58N12O8. The van der Waals surface area contributed by atoms with Gasteiger partial charge >= 0.3 is 6.09 Å². The molecule has 20 nitrogen and oxygen atoms in total. The molecule has 0 unspecified atom stereocenters. The summed E-state index contributed by atoms with van der Waals surface area (Å²) < 4.78 is 20.7. The van der Waals surface area contributed by atoms with Gasteiger partial charge in [-0.2, -0.15) is 5.10 Å². The average molecular weight is 895 g/mol. The van der Waals surface area contributed by atoms with Crippen LogP contribution in [-0.4, -0.2) is 120 Å². The van der Waals surface area contributed by atoms with Gasteiger partial charge in [-0.25, -0.2) is 9.78 Å². The fraction of sp³-hybridized carbons (Fsp3) is 0.356. The van der Waals surface area contributed by atoms with Crippen LogP contribution in [0.4, 0.5) is 22.1 Å². The number of hydrogen-bond donors (Lipinski definition) is 4. The number of fused-ring (bicyclic) bond motifs is 1. The second kappa shape index (κ2) is 23.7. The molecule has 2 heterocycles. The zero-order valence-corrected chi connectivity index (χ0v) is 37.9. The van der Waals surface area contributed by atoms with Crippen LogP contribution in [0.3, 0.4) is 0 Å². The van der Waals surface area contributed by atoms with Crippen LogP contribution in [0.25, 0.3) is 11.0 Å². The second-order valence-corrected chi connectivity index (χ2v) is 15.2. The van der Waals surface area contributed by atoms with Gasteiger partial charge in [-0.15, -0.1) is 0 Å². The molecule has 0 saturated heterocycles. The maximum absolute atomic E-state index is 13.6. The minimum atomic E-state index is -0.765. The highest BCUT2D eigenvalue weighted by Crippen LogP contribution is 2.39. The molecule has 3 amide bonds. The fourth-order valence-corrected chi connectivity index (χ4v) is 6.49. The summed E-state index contributed by atoms with van der Waals surface area (Å²) in [6.45, 7) is 14.3. The molecule has 0 saturated carbocycles. The number of amides is 3. The lowest BCUT2D eigenvalue weighted by Gasteiger charge is -2.27. The first-order valence-electron chi connectivity index (χ1n) is 20.6. The third-order valence-electron chi connectivity index (χ3n) is 9.30. The number of aromatic nitrogens is 4. The van der Waals surface area contributed by atoms with E-state index >= 15 is 0 Å². The number of nitrogens with zero attached hydrogens (tertiary/aromatic N) is 8. The highest BCUT2D eigenvalue weighted by molar-refractivity contribution is 6.03. The minimum absolute atomic E-state index is 0.0562. The second-order valence-electron chi connectivity index (χ2n) is 15.2. The predicted octanol–water partition coefficient (Wildman–Crippen LogP) is 4.94. The number of primary amides is 1. The van der Waals surface area contributed by atoms with Crippen molar-refractivity contribution in [3.63, 3.8) is 0 Å². The number of methoxy groups -OCH3 is 1. The predicted molar refractivity (Wildman–Crippen MR) is 251 cm³/mol. The third-order valence-corrected chi connectivity index (χ3v) is 9.30. The smallest absolute Gasteiger partial charge is 0.414 e. The molecule has 346 valence electrons. The monoisotopic (exact) mass is 894 g/mol. The van der Waals surface area contributed by atoms with E-state index in [2.05, 4.69) is 37.4 Å². The Morgan fingerprint density at radius 3 is 2.45 bits per heavy atom. The van der Waals surface area contributed by atoms with Crippen molar-refractivity contribution in [2.75, 3.05) is 57.3 Å². The highest BCUT2D eigenvalue weighted by atomic mass is 16.6. The van der Waals surface area contributed by atoms with Crippen LogP contribution < -0.4 is 36.5 Å². The summed E-state index contributed by atoms with van der Waals surface area (Å²) in [5.41, 5.74) is 14.5. The Kier molecular flexibility index (Phi) is 18.3. The van der Waals surface area contributed by atoms with Crippen molar-refractivity contribution in [3.8, 4) is 11.5 Å². The molecule has 0 spiro atoms. The molecule has 0 radical (unpaired) electrons. The molecule has 20 heteroatoms. The molecule has 2 aromatic heterocycles. The lowest BCUT2D eigenvalue weighted by molar-refractivity contribution is -0.108. The molecule has 0 atom stereocenters. The molecule has 6 N–H and O–H groups in total. The van der Waals surface area contributed by atoms with E-state index in [1.165, 1.54) is 36.6 Å². The maximum atomic E-state index is 13.6. The van der Waals surface area contributed by atoms with Crippen LogP contribution in [0, 0.1) is 6.92 Å². The summed E-state index contributed by atoms with van der Waals surface area (Å²) >= 11 is 0. The topological polar surface area (TPSA) is 256 Å². The Morgan fingerprint density at radius 2 is 1.82 bits per heavy atom. The van der Waals surface area contributed by atoms with Gasteiger partial charge < -0.3 is 45.3 Å². The van der Waals surface area contributed by atoms with E-state index in [1.54, 1.807) is 74.3 Å². The number of allylic oxidation sites excluding steroid dienone is 2. The molecular weight excluding hydrogens is 837 g/mol. The lowest BCUT2D eigenvalue weighted by Crippen LogP contribution is -2.37. The van der Waals surface area contributed by atoms with Gasteiger partial charge in [0, 0.05) is 56.1 Å². The van der Waals surface area contributed by atoms with E-state index in [0.29, 0.717) is 83.2 Å². The van der Waals surface area contributed by atoms with Crippen molar-refractivity contribution in [1.82, 2.24) is 29.5 Å². The van der Waals surface area contributed by atoms with Gasteiger partial charge in [0.05, 0.1) is 42.9 Å². The van der Waals surface area contributed by atoms with E-state index < -0.39 is 23.5 Å². The summed E-state index contributed by atoms with van der Waals surface area (Å²) in [5, 5.41) is 10.5. The first kappa shape index (κ1) is 50.0. The number of anilines is 2. The third kappa shape index (κ3) is 13.4. The van der Waals surface area contributed by atoms with Crippen LogP contribution >= 0.6 is 0 Å². The normalized spacial score (nSPS) is 12.0. The molecule has 2 aromatic carbocycles. The Morgan fingerprint density at radius 1 is 1.05 bits per heavy atom. The minimum Gasteiger partial charge on any atom is -0.494 e. The van der Waals surface area contributed by atoms with Crippen molar-refractivity contribution >= 4 is 71.8 Å². The largest absolute Gasteiger partial charge is 0.494 e. The standard InChI is InChI=1S/C45H58N12O8/c1-9-57-36(21-30(2)53-57)42(61)52-43-51-35-22-31(28-59)23-37(63-8)40(35)56(43)17-12-11-16-54(29-48-6)39-34(49-7)24-32(41(47)60)25-38(39)64-20-13-10-15-50-27-33(26-46)55(18-14-19-58)44(62)65-45(3,4)5/h10-13,19,21-28,48H,7,9,14-18,20,29,46H2,1-6,8H3,(H2,47,60)(H,51,52,61)/b12-11+,13-10+,33-26+,50-27?. The molecule has 0 aliphatic carbocycles. The van der Waals surface area contributed by atoms with Crippen molar-refractivity contribution < 1.29 is 38.2 Å². The first-order valence-corrected chi connectivity index (χ1v) is 20.6. The number of imidazole rings is 1. The van der Waals surface area contributed by atoms with Gasteiger partial charge in [-0.3, -0.25) is 39.3 Å². The van der Waals surface area contributed by atoms with Crippen LogP contribution in [0.1, 0.15) is 71.0 Å². The van der Waals surface area contributed by atoms with Gasteiger partial charge in [0.25, 0.3) is 5.91 Å². The van der Waals surface area contributed by atoms with E-state index in [1.807, 2.05) is 24.0 Å². The van der Waals surface area contributed by atoms with Crippen molar-refractivity contribution in [2.24, 2.45) is 21.5 Å². The lowest BCUT2D eigenvalue weighted by atomic mass is 10.1. The number of aliphatic imine (C=N–C) groups is 2. The number of nitrogens with one attached hydrogen (secondary N) is 2. The summed E-state index contributed by atoms with van der Waals surface area (Å²) in [6.07, 6.45) is 10.7. The van der Waals surface area contributed by atoms with Gasteiger partial charge in [-0.05, 0) is 84.8 Å². The average Bonchev–Trinajstić information content (AvgIpc) is 3.83. The molecule has 65 heavy (non-hydrogen) atoms. The zero-order chi connectivity index (χ0) is 47.7.